The molecule has 2 N–H and O–H groups in total. The highest BCUT2D eigenvalue weighted by atomic mass is 16.5. The number of hydrogen-bond donors (Lipinski definition) is 2. The number of hydrogen-bond acceptors (Lipinski definition) is 6. The summed E-state index contributed by atoms with van der Waals surface area (Å²) in [6.07, 6.45) is 0.882. The average molecular weight is 508 g/mol. The van der Waals surface area contributed by atoms with E-state index in [2.05, 4.69) is 11.4 Å². The molecule has 0 aliphatic carbocycles. The summed E-state index contributed by atoms with van der Waals surface area (Å²) >= 11 is 0. The number of carbonyl (C=O) groups excluding carboxylic acids is 1. The van der Waals surface area contributed by atoms with Gasteiger partial charge in [0.15, 0.2) is 6.04 Å². The molecular formula is C29H37N3O5. The van der Waals surface area contributed by atoms with E-state index in [9.17, 15) is 14.7 Å². The van der Waals surface area contributed by atoms with Crippen molar-refractivity contribution in [1.82, 2.24) is 4.90 Å². The molecule has 1 aliphatic rings. The molecule has 8 heteroatoms. The molecule has 0 saturated carbocycles. The van der Waals surface area contributed by atoms with Crippen LogP contribution in [0.3, 0.4) is 0 Å². The number of likely N-dealkylation sites (tertiary alicyclic amines) is 1. The van der Waals surface area contributed by atoms with Crippen LogP contribution in [0.5, 0.6) is 5.75 Å². The highest BCUT2D eigenvalue weighted by Gasteiger charge is 2.39. The number of carbonyl (C=O) groups is 2. The summed E-state index contributed by atoms with van der Waals surface area (Å²) < 4.78 is 11.8. The van der Waals surface area contributed by atoms with Crippen molar-refractivity contribution in [3.8, 4) is 11.8 Å². The summed E-state index contributed by atoms with van der Waals surface area (Å²) in [4.78, 5) is 26.3. The van der Waals surface area contributed by atoms with Gasteiger partial charge < -0.3 is 24.8 Å². The zero-order valence-electron chi connectivity index (χ0n) is 22.3. The molecular weight excluding hydrogens is 470 g/mol. The van der Waals surface area contributed by atoms with Gasteiger partial charge in [-0.05, 0) is 66.3 Å². The largest absolute Gasteiger partial charge is 0.490 e. The maximum atomic E-state index is 13.0. The Labute approximate surface area is 219 Å². The Balaban J connectivity index is 1.89. The van der Waals surface area contributed by atoms with Crippen LogP contribution in [-0.2, 0) is 16.0 Å². The van der Waals surface area contributed by atoms with E-state index in [0.29, 0.717) is 42.0 Å². The number of piperidine rings is 1. The van der Waals surface area contributed by atoms with E-state index in [1.165, 1.54) is 4.90 Å². The summed E-state index contributed by atoms with van der Waals surface area (Å²) in [5.41, 5.74) is 2.72. The van der Waals surface area contributed by atoms with Crippen molar-refractivity contribution in [2.75, 3.05) is 18.5 Å². The molecule has 37 heavy (non-hydrogen) atoms. The Hall–Kier alpha value is -3.73. The molecule has 3 rings (SSSR count). The Morgan fingerprint density at radius 2 is 1.89 bits per heavy atom. The third-order valence-electron chi connectivity index (χ3n) is 6.68. The summed E-state index contributed by atoms with van der Waals surface area (Å²) in [6, 6.07) is 13.9. The second kappa shape index (κ2) is 12.0. The first-order valence-electron chi connectivity index (χ1n) is 12.8. The van der Waals surface area contributed by atoms with E-state index in [1.54, 1.807) is 31.2 Å². The van der Waals surface area contributed by atoms with Gasteiger partial charge >= 0.3 is 12.1 Å². The van der Waals surface area contributed by atoms with Gasteiger partial charge in [0, 0.05) is 31.1 Å². The van der Waals surface area contributed by atoms with Crippen molar-refractivity contribution in [1.29, 1.82) is 5.26 Å². The molecule has 2 aromatic carbocycles. The van der Waals surface area contributed by atoms with Gasteiger partial charge in [0.2, 0.25) is 0 Å². The maximum Gasteiger partial charge on any atom is 0.407 e. The third kappa shape index (κ3) is 7.16. The lowest BCUT2D eigenvalue weighted by Crippen LogP contribution is -2.53. The Morgan fingerprint density at radius 1 is 1.19 bits per heavy atom. The number of nitrogens with one attached hydrogen (secondary N) is 1. The van der Waals surface area contributed by atoms with E-state index < -0.39 is 18.1 Å². The molecule has 1 amide bonds. The molecule has 3 unspecified atom stereocenters. The van der Waals surface area contributed by atoms with E-state index in [0.717, 1.165) is 12.0 Å². The molecule has 0 radical (unpaired) electrons. The predicted molar refractivity (Wildman–Crippen MR) is 142 cm³/mol. The molecule has 1 heterocycles. The van der Waals surface area contributed by atoms with Gasteiger partial charge in [0.05, 0.1) is 18.2 Å². The van der Waals surface area contributed by atoms with E-state index in [-0.39, 0.29) is 24.2 Å². The van der Waals surface area contributed by atoms with Crippen LogP contribution in [0.25, 0.3) is 0 Å². The van der Waals surface area contributed by atoms with Gasteiger partial charge in [-0.25, -0.2) is 9.59 Å². The van der Waals surface area contributed by atoms with E-state index >= 15 is 0 Å². The third-order valence-corrected chi connectivity index (χ3v) is 6.68. The second-order valence-electron chi connectivity index (χ2n) is 10.4. The predicted octanol–water partition coefficient (Wildman–Crippen LogP) is 5.77. The molecule has 2 aromatic rings. The van der Waals surface area contributed by atoms with Crippen LogP contribution >= 0.6 is 0 Å². The van der Waals surface area contributed by atoms with E-state index in [1.807, 2.05) is 45.9 Å². The monoisotopic (exact) mass is 507 g/mol. The van der Waals surface area contributed by atoms with Gasteiger partial charge in [0.1, 0.15) is 11.9 Å². The first kappa shape index (κ1) is 27.9. The smallest absolute Gasteiger partial charge is 0.407 e. The molecule has 1 saturated heterocycles. The standard InChI is InChI=1S/C29H37N3O5/c1-6-19-14-21(26(27(33)36-7-2)31-22-10-8-20(18-30)9-11-22)16-24(15-19)37-23-12-13-32(28(34)35)25(17-23)29(3,4)5/h8-11,14-16,23,25-26,31H,6-7,12-13,17H2,1-5H3,(H,34,35). The maximum absolute atomic E-state index is 13.0. The minimum absolute atomic E-state index is 0.146. The quantitative estimate of drug-likeness (QED) is 0.436. The molecule has 8 nitrogen and oxygen atoms in total. The number of aryl methyl sites for hydroxylation is 1. The normalized spacial score (nSPS) is 18.4. The summed E-state index contributed by atoms with van der Waals surface area (Å²) in [5, 5.41) is 22.0. The lowest BCUT2D eigenvalue weighted by Gasteiger charge is -2.44. The van der Waals surface area contributed by atoms with Crippen LogP contribution in [0, 0.1) is 16.7 Å². The molecule has 3 atom stereocenters. The number of amides is 1. The van der Waals surface area contributed by atoms with Crippen LogP contribution in [0.1, 0.15) is 70.2 Å². The number of anilines is 1. The van der Waals surface area contributed by atoms with Gasteiger partial charge in [-0.1, -0.05) is 33.8 Å². The highest BCUT2D eigenvalue weighted by molar-refractivity contribution is 5.81. The van der Waals surface area contributed by atoms with Gasteiger partial charge in [-0.15, -0.1) is 0 Å². The number of esters is 1. The number of ether oxygens (including phenoxy) is 2. The number of rotatable bonds is 8. The fraction of sp³-hybridized carbons (Fsp3) is 0.483. The first-order chi connectivity index (χ1) is 17.5. The van der Waals surface area contributed by atoms with Crippen molar-refractivity contribution in [2.24, 2.45) is 5.41 Å². The van der Waals surface area contributed by atoms with Crippen molar-refractivity contribution in [3.05, 3.63) is 59.2 Å². The van der Waals surface area contributed by atoms with Gasteiger partial charge in [-0.2, -0.15) is 5.26 Å². The van der Waals surface area contributed by atoms with Crippen LogP contribution in [0.4, 0.5) is 10.5 Å². The minimum Gasteiger partial charge on any atom is -0.490 e. The molecule has 0 bridgehead atoms. The number of carboxylic acid groups (broad SMARTS) is 1. The van der Waals surface area contributed by atoms with Crippen LogP contribution in [-0.4, -0.2) is 47.4 Å². The van der Waals surface area contributed by atoms with Crippen LogP contribution < -0.4 is 10.1 Å². The van der Waals surface area contributed by atoms with Crippen LogP contribution in [0.15, 0.2) is 42.5 Å². The number of nitrogens with zero attached hydrogens (tertiary/aromatic N) is 2. The minimum atomic E-state index is -0.903. The topological polar surface area (TPSA) is 112 Å². The van der Waals surface area contributed by atoms with Crippen molar-refractivity contribution < 1.29 is 24.2 Å². The fourth-order valence-corrected chi connectivity index (χ4v) is 4.72. The van der Waals surface area contributed by atoms with E-state index in [4.69, 9.17) is 14.7 Å². The van der Waals surface area contributed by atoms with Gasteiger partial charge in [-0.3, -0.25) is 0 Å². The molecule has 1 fully saturated rings. The molecule has 198 valence electrons. The lowest BCUT2D eigenvalue weighted by molar-refractivity contribution is -0.144. The van der Waals surface area contributed by atoms with Crippen molar-refractivity contribution >= 4 is 17.7 Å². The highest BCUT2D eigenvalue weighted by Crippen LogP contribution is 2.35. The fourth-order valence-electron chi connectivity index (χ4n) is 4.72. The zero-order valence-corrected chi connectivity index (χ0v) is 22.3. The molecule has 1 aliphatic heterocycles. The summed E-state index contributed by atoms with van der Waals surface area (Å²) in [6.45, 7) is 10.6. The molecule has 0 spiro atoms. The Kier molecular flexibility index (Phi) is 9.04. The Morgan fingerprint density at radius 3 is 2.46 bits per heavy atom. The number of nitriles is 1. The van der Waals surface area contributed by atoms with Crippen molar-refractivity contribution in [3.63, 3.8) is 0 Å². The van der Waals surface area contributed by atoms with Crippen molar-refractivity contribution in [2.45, 2.75) is 72.1 Å². The lowest BCUT2D eigenvalue weighted by atomic mass is 9.80. The summed E-state index contributed by atoms with van der Waals surface area (Å²) in [5.74, 6) is 0.236. The SMILES string of the molecule is CCOC(=O)C(Nc1ccc(C#N)cc1)c1cc(CC)cc(OC2CCN(C(=O)O)C(C(C)(C)C)C2)c1. The second-order valence-corrected chi connectivity index (χ2v) is 10.4. The molecule has 0 aromatic heterocycles. The van der Waals surface area contributed by atoms with Crippen LogP contribution in [0.2, 0.25) is 0 Å². The summed E-state index contributed by atoms with van der Waals surface area (Å²) in [7, 11) is 0. The van der Waals surface area contributed by atoms with Gasteiger partial charge in [0.25, 0.3) is 0 Å². The zero-order chi connectivity index (χ0) is 27.2. The Bertz CT molecular complexity index is 1130. The average Bonchev–Trinajstić information content (AvgIpc) is 2.86. The number of benzene rings is 2. The first-order valence-corrected chi connectivity index (χ1v) is 12.8.